The zero-order chi connectivity index (χ0) is 19.6. The minimum atomic E-state index is 0.276. The van der Waals surface area contributed by atoms with Gasteiger partial charge in [0.05, 0.1) is 23.1 Å². The van der Waals surface area contributed by atoms with Crippen molar-refractivity contribution in [3.8, 4) is 22.6 Å². The molecule has 0 amide bonds. The second kappa shape index (κ2) is 7.60. The fraction of sp³-hybridized carbons (Fsp3) is 0.273. The van der Waals surface area contributed by atoms with Crippen molar-refractivity contribution in [3.05, 3.63) is 55.0 Å². The first-order valence-corrected chi connectivity index (χ1v) is 10.0. The molecular weight excluding hydrogens is 362 g/mol. The van der Waals surface area contributed by atoms with Crippen LogP contribution in [0.4, 0.5) is 5.82 Å². The first-order valence-electron chi connectivity index (χ1n) is 10.0. The average Bonchev–Trinajstić information content (AvgIpc) is 3.18. The van der Waals surface area contributed by atoms with E-state index in [1.54, 1.807) is 12.4 Å². The minimum Gasteiger partial charge on any atom is -0.367 e. The van der Waals surface area contributed by atoms with E-state index in [4.69, 9.17) is 10.7 Å². The molecule has 29 heavy (non-hydrogen) atoms. The predicted molar refractivity (Wildman–Crippen MR) is 114 cm³/mol. The lowest BCUT2D eigenvalue weighted by Crippen LogP contribution is -2.35. The van der Waals surface area contributed by atoms with Gasteiger partial charge in [-0.2, -0.15) is 5.10 Å². The van der Waals surface area contributed by atoms with Gasteiger partial charge in [0.1, 0.15) is 11.5 Å². The van der Waals surface area contributed by atoms with Gasteiger partial charge in [0, 0.05) is 35.4 Å². The molecule has 0 aliphatic heterocycles. The molecule has 7 nitrogen and oxygen atoms in total. The minimum absolute atomic E-state index is 0.276. The molecule has 4 aromatic heterocycles. The molecule has 2 unspecified atom stereocenters. The van der Waals surface area contributed by atoms with Gasteiger partial charge in [0.25, 0.3) is 0 Å². The van der Waals surface area contributed by atoms with Crippen molar-refractivity contribution in [2.24, 2.45) is 5.73 Å². The van der Waals surface area contributed by atoms with Crippen molar-refractivity contribution in [2.75, 3.05) is 5.32 Å². The Labute approximate surface area is 168 Å². The highest BCUT2D eigenvalue weighted by Gasteiger charge is 2.19. The maximum absolute atomic E-state index is 6.13. The highest BCUT2D eigenvalue weighted by molar-refractivity contribution is 5.93. The summed E-state index contributed by atoms with van der Waals surface area (Å²) < 4.78 is 0. The summed E-state index contributed by atoms with van der Waals surface area (Å²) in [5.74, 6) is 0.860. The summed E-state index contributed by atoms with van der Waals surface area (Å²) in [6.45, 7) is 0. The number of aromatic nitrogens is 5. The van der Waals surface area contributed by atoms with E-state index in [0.717, 1.165) is 65.0 Å². The lowest BCUT2D eigenvalue weighted by Gasteiger charge is -2.27. The lowest BCUT2D eigenvalue weighted by atomic mass is 9.92. The Kier molecular flexibility index (Phi) is 4.65. The van der Waals surface area contributed by atoms with Gasteiger partial charge in [-0.25, -0.2) is 4.98 Å². The number of aromatic amines is 1. The number of nitrogens with two attached hydrogens (primary N) is 1. The van der Waals surface area contributed by atoms with E-state index in [9.17, 15) is 0 Å². The maximum Gasteiger partial charge on any atom is 0.126 e. The van der Waals surface area contributed by atoms with E-state index < -0.39 is 0 Å². The van der Waals surface area contributed by atoms with Crippen LogP contribution in [-0.4, -0.2) is 37.2 Å². The van der Waals surface area contributed by atoms with Crippen LogP contribution in [0.25, 0.3) is 33.5 Å². The molecule has 0 spiro atoms. The Hall–Kier alpha value is -3.32. The molecule has 0 aromatic carbocycles. The van der Waals surface area contributed by atoms with Crippen LogP contribution in [0.5, 0.6) is 0 Å². The van der Waals surface area contributed by atoms with Crippen LogP contribution in [0.15, 0.2) is 55.0 Å². The van der Waals surface area contributed by atoms with E-state index in [2.05, 4.69) is 25.5 Å². The monoisotopic (exact) mass is 385 g/mol. The fourth-order valence-electron chi connectivity index (χ4n) is 4.00. The largest absolute Gasteiger partial charge is 0.367 e. The zero-order valence-corrected chi connectivity index (χ0v) is 16.0. The zero-order valence-electron chi connectivity index (χ0n) is 16.0. The number of H-pyrrole nitrogens is 1. The molecule has 2 atom stereocenters. The number of nitrogens with zero attached hydrogens (tertiary/aromatic N) is 4. The summed E-state index contributed by atoms with van der Waals surface area (Å²) in [6.07, 6.45) is 9.76. The van der Waals surface area contributed by atoms with Crippen LogP contribution < -0.4 is 11.1 Å². The number of rotatable bonds is 4. The first kappa shape index (κ1) is 17.8. The molecule has 1 aliphatic rings. The molecule has 4 aromatic rings. The molecule has 0 bridgehead atoms. The predicted octanol–water partition coefficient (Wildman–Crippen LogP) is 3.76. The SMILES string of the molecule is NC1CCCC(Nc2cccc(-c3n[nH]c4cnc(-c5cccnc5)cc34)n2)C1. The number of fused-ring (bicyclic) bond motifs is 1. The Morgan fingerprint density at radius 2 is 2.03 bits per heavy atom. The number of pyridine rings is 3. The second-order valence-corrected chi connectivity index (χ2v) is 7.61. The van der Waals surface area contributed by atoms with Crippen LogP contribution in [0.3, 0.4) is 0 Å². The van der Waals surface area contributed by atoms with Crippen LogP contribution in [0.1, 0.15) is 25.7 Å². The summed E-state index contributed by atoms with van der Waals surface area (Å²) in [4.78, 5) is 13.5. The fourth-order valence-corrected chi connectivity index (χ4v) is 4.00. The normalized spacial score (nSPS) is 19.3. The quantitative estimate of drug-likeness (QED) is 0.494. The molecule has 7 heteroatoms. The summed E-state index contributed by atoms with van der Waals surface area (Å²) in [6, 6.07) is 12.6. The second-order valence-electron chi connectivity index (χ2n) is 7.61. The Morgan fingerprint density at radius 1 is 1.07 bits per heavy atom. The molecule has 4 N–H and O–H groups in total. The molecule has 5 rings (SSSR count). The van der Waals surface area contributed by atoms with E-state index in [1.165, 1.54) is 0 Å². The van der Waals surface area contributed by atoms with Gasteiger partial charge in [0.15, 0.2) is 0 Å². The third kappa shape index (κ3) is 3.69. The van der Waals surface area contributed by atoms with E-state index in [0.29, 0.717) is 6.04 Å². The Bertz CT molecular complexity index is 1120. The van der Waals surface area contributed by atoms with Crippen molar-refractivity contribution >= 4 is 16.7 Å². The van der Waals surface area contributed by atoms with Gasteiger partial charge in [-0.05, 0) is 56.0 Å². The molecule has 1 saturated carbocycles. The van der Waals surface area contributed by atoms with Gasteiger partial charge in [0.2, 0.25) is 0 Å². The van der Waals surface area contributed by atoms with Gasteiger partial charge < -0.3 is 11.1 Å². The van der Waals surface area contributed by atoms with E-state index in [-0.39, 0.29) is 6.04 Å². The third-order valence-corrected chi connectivity index (χ3v) is 5.46. The highest BCUT2D eigenvalue weighted by Crippen LogP contribution is 2.29. The Balaban J connectivity index is 1.47. The van der Waals surface area contributed by atoms with Crippen LogP contribution in [-0.2, 0) is 0 Å². The molecule has 0 radical (unpaired) electrons. The average molecular weight is 385 g/mol. The molecule has 4 heterocycles. The van der Waals surface area contributed by atoms with Gasteiger partial charge in [-0.3, -0.25) is 15.1 Å². The summed E-state index contributed by atoms with van der Waals surface area (Å²) in [7, 11) is 0. The molecule has 0 saturated heterocycles. The van der Waals surface area contributed by atoms with E-state index in [1.807, 2.05) is 42.6 Å². The highest BCUT2D eigenvalue weighted by atomic mass is 15.1. The van der Waals surface area contributed by atoms with Gasteiger partial charge in [-0.1, -0.05) is 6.07 Å². The third-order valence-electron chi connectivity index (χ3n) is 5.46. The van der Waals surface area contributed by atoms with Crippen LogP contribution in [0, 0.1) is 0 Å². The maximum atomic E-state index is 6.13. The standard InChI is InChI=1S/C22H23N7/c23-15-5-1-6-16(10-15)26-21-8-2-7-18(27-21)22-17-11-19(14-4-3-9-24-12-14)25-13-20(17)28-29-22/h2-4,7-9,11-13,15-16H,1,5-6,10,23H2,(H,26,27)(H,28,29). The van der Waals surface area contributed by atoms with Gasteiger partial charge in [-0.15, -0.1) is 0 Å². The topological polar surface area (TPSA) is 105 Å². The van der Waals surface area contributed by atoms with Crippen LogP contribution >= 0.6 is 0 Å². The van der Waals surface area contributed by atoms with Crippen molar-refractivity contribution in [3.63, 3.8) is 0 Å². The summed E-state index contributed by atoms with van der Waals surface area (Å²) >= 11 is 0. The van der Waals surface area contributed by atoms with E-state index >= 15 is 0 Å². The number of nitrogens with one attached hydrogen (secondary N) is 2. The molecular formula is C22H23N7. The van der Waals surface area contributed by atoms with Crippen LogP contribution in [0.2, 0.25) is 0 Å². The van der Waals surface area contributed by atoms with Crippen molar-refractivity contribution in [1.82, 2.24) is 25.1 Å². The number of hydrogen-bond acceptors (Lipinski definition) is 6. The number of anilines is 1. The lowest BCUT2D eigenvalue weighted by molar-refractivity contribution is 0.409. The molecule has 1 aliphatic carbocycles. The van der Waals surface area contributed by atoms with Crippen molar-refractivity contribution < 1.29 is 0 Å². The smallest absolute Gasteiger partial charge is 0.126 e. The molecule has 146 valence electrons. The number of hydrogen-bond donors (Lipinski definition) is 3. The van der Waals surface area contributed by atoms with Gasteiger partial charge >= 0.3 is 0 Å². The summed E-state index contributed by atoms with van der Waals surface area (Å²) in [5.41, 5.74) is 10.5. The van der Waals surface area contributed by atoms with Crippen molar-refractivity contribution in [1.29, 1.82) is 0 Å². The Morgan fingerprint density at radius 3 is 2.90 bits per heavy atom. The van der Waals surface area contributed by atoms with Crippen molar-refractivity contribution in [2.45, 2.75) is 37.8 Å². The summed E-state index contributed by atoms with van der Waals surface area (Å²) in [5, 5.41) is 12.1. The first-order chi connectivity index (χ1) is 14.3. The molecule has 1 fully saturated rings.